The van der Waals surface area contributed by atoms with Gasteiger partial charge in [-0.25, -0.2) is 14.3 Å². The number of phenolic OH excluding ortho intramolecular Hbond substituents is 1. The molecule has 1 aliphatic heterocycles. The third-order valence-corrected chi connectivity index (χ3v) is 7.00. The number of carbonyl (C=O) groups excluding carboxylic acids is 1. The molecule has 0 saturated heterocycles. The lowest BCUT2D eigenvalue weighted by molar-refractivity contribution is -0.121. The molecule has 0 fully saturated rings. The van der Waals surface area contributed by atoms with Gasteiger partial charge in [-0.05, 0) is 65.6 Å². The standard InChI is InChI=1S/C31H27F2N7O2/c1-40-38-31(37-39-40)20-5-2-4-19(13-20)25-6-3-9-34-30(25)28(12-18-10-22(32)15-23(33)11-18)36-29(42)14-21-17-35-27-8-7-24(41)16-26(21)27/h2-11,13,15-17,28,35,39,41H,12,14H2,1H3,(H,36,42)(H,37,38)/t28-/m0/s1. The summed E-state index contributed by atoms with van der Waals surface area (Å²) in [5, 5.41) is 19.6. The van der Waals surface area contributed by atoms with Gasteiger partial charge >= 0.3 is 0 Å². The zero-order chi connectivity index (χ0) is 29.2. The largest absolute Gasteiger partial charge is 0.508 e. The number of H-pyrrole nitrogens is 1. The van der Waals surface area contributed by atoms with Gasteiger partial charge in [0.1, 0.15) is 17.4 Å². The van der Waals surface area contributed by atoms with Crippen LogP contribution in [0.5, 0.6) is 5.75 Å². The Kier molecular flexibility index (Phi) is 7.24. The van der Waals surface area contributed by atoms with Crippen LogP contribution in [-0.2, 0) is 17.6 Å². The van der Waals surface area contributed by atoms with Crippen LogP contribution < -0.4 is 16.3 Å². The lowest BCUT2D eigenvalue weighted by Gasteiger charge is -2.22. The van der Waals surface area contributed by atoms with E-state index in [9.17, 15) is 18.7 Å². The average Bonchev–Trinajstić information content (AvgIpc) is 3.58. The van der Waals surface area contributed by atoms with E-state index < -0.39 is 17.7 Å². The maximum Gasteiger partial charge on any atom is 0.225 e. The van der Waals surface area contributed by atoms with E-state index in [2.05, 4.69) is 31.3 Å². The van der Waals surface area contributed by atoms with Crippen LogP contribution in [0.3, 0.4) is 0 Å². The number of aromatic hydroxyl groups is 1. The van der Waals surface area contributed by atoms with Gasteiger partial charge in [-0.15, -0.1) is 10.2 Å². The van der Waals surface area contributed by atoms with Gasteiger partial charge < -0.3 is 15.4 Å². The molecular formula is C31H27F2N7O2. The van der Waals surface area contributed by atoms with Crippen molar-refractivity contribution < 1.29 is 18.7 Å². The molecule has 6 rings (SSSR count). The van der Waals surface area contributed by atoms with Crippen molar-refractivity contribution in [3.8, 4) is 16.9 Å². The number of fused-ring (bicyclic) bond motifs is 1. The zero-order valence-electron chi connectivity index (χ0n) is 22.5. The van der Waals surface area contributed by atoms with Crippen molar-refractivity contribution in [2.45, 2.75) is 18.9 Å². The molecule has 5 aromatic rings. The number of pyridine rings is 1. The van der Waals surface area contributed by atoms with Crippen molar-refractivity contribution in [1.29, 1.82) is 0 Å². The molecule has 42 heavy (non-hydrogen) atoms. The van der Waals surface area contributed by atoms with Crippen LogP contribution in [0, 0.1) is 11.6 Å². The fourth-order valence-corrected chi connectivity index (χ4v) is 5.15. The molecular weight excluding hydrogens is 540 g/mol. The Balaban J connectivity index is 1.35. The molecule has 9 nitrogen and oxygen atoms in total. The number of hydrogen-bond donors (Lipinski definition) is 5. The minimum absolute atomic E-state index is 0.0150. The molecule has 1 atom stereocenters. The van der Waals surface area contributed by atoms with Crippen LogP contribution in [0.2, 0.25) is 0 Å². The Labute approximate surface area is 239 Å². The summed E-state index contributed by atoms with van der Waals surface area (Å²) in [4.78, 5) is 21.2. The van der Waals surface area contributed by atoms with Crippen molar-refractivity contribution in [3.63, 3.8) is 0 Å². The molecule has 0 spiro atoms. The molecule has 0 unspecified atom stereocenters. The number of rotatable bonds is 8. The number of phenols is 1. The fourth-order valence-electron chi connectivity index (χ4n) is 5.15. The smallest absolute Gasteiger partial charge is 0.225 e. The summed E-state index contributed by atoms with van der Waals surface area (Å²) >= 11 is 0. The summed E-state index contributed by atoms with van der Waals surface area (Å²) in [5.41, 5.74) is 10.7. The van der Waals surface area contributed by atoms with Crippen LogP contribution in [-0.4, -0.2) is 39.0 Å². The molecule has 0 saturated carbocycles. The van der Waals surface area contributed by atoms with Crippen molar-refractivity contribution in [1.82, 2.24) is 31.4 Å². The highest BCUT2D eigenvalue weighted by atomic mass is 19.1. The Morgan fingerprint density at radius 1 is 1.02 bits per heavy atom. The van der Waals surface area contributed by atoms with E-state index >= 15 is 0 Å². The van der Waals surface area contributed by atoms with Gasteiger partial charge in [-0.1, -0.05) is 24.3 Å². The maximum atomic E-state index is 14.1. The maximum absolute atomic E-state index is 14.1. The molecule has 0 radical (unpaired) electrons. The molecule has 3 heterocycles. The predicted molar refractivity (Wildman–Crippen MR) is 155 cm³/mol. The first kappa shape index (κ1) is 26.9. The summed E-state index contributed by atoms with van der Waals surface area (Å²) in [6.07, 6.45) is 3.46. The molecule has 0 bridgehead atoms. The van der Waals surface area contributed by atoms with E-state index in [-0.39, 0.29) is 24.5 Å². The zero-order valence-corrected chi connectivity index (χ0v) is 22.5. The van der Waals surface area contributed by atoms with Crippen LogP contribution in [0.25, 0.3) is 22.0 Å². The molecule has 1 amide bonds. The topological polar surface area (TPSA) is 118 Å². The third-order valence-electron chi connectivity index (χ3n) is 7.00. The predicted octanol–water partition coefficient (Wildman–Crippen LogP) is 4.47. The number of amides is 1. The van der Waals surface area contributed by atoms with E-state index in [4.69, 9.17) is 0 Å². The highest BCUT2D eigenvalue weighted by Crippen LogP contribution is 2.30. The SMILES string of the molecule is CN1NN=C(c2cccc(-c3cccnc3[C@H](Cc3cc(F)cc(F)c3)NC(=O)Cc3c[nH]c4ccc(O)cc34)c2)N1. The van der Waals surface area contributed by atoms with Crippen LogP contribution in [0.15, 0.2) is 90.3 Å². The van der Waals surface area contributed by atoms with E-state index in [1.807, 2.05) is 30.3 Å². The molecule has 1 aliphatic rings. The summed E-state index contributed by atoms with van der Waals surface area (Å²) < 4.78 is 28.3. The number of hydrazine groups is 2. The van der Waals surface area contributed by atoms with Gasteiger partial charge in [0.2, 0.25) is 5.91 Å². The third kappa shape index (κ3) is 5.77. The van der Waals surface area contributed by atoms with Crippen LogP contribution >= 0.6 is 0 Å². The number of hydrogen-bond acceptors (Lipinski definition) is 7. The number of carbonyl (C=O) groups is 1. The van der Waals surface area contributed by atoms with E-state index in [1.165, 1.54) is 12.1 Å². The minimum Gasteiger partial charge on any atom is -0.508 e. The van der Waals surface area contributed by atoms with E-state index in [1.54, 1.807) is 48.8 Å². The minimum atomic E-state index is -0.716. The normalized spacial score (nSPS) is 13.8. The molecule has 0 aliphatic carbocycles. The van der Waals surface area contributed by atoms with Crippen molar-refractivity contribution >= 4 is 22.6 Å². The number of amidine groups is 1. The van der Waals surface area contributed by atoms with Gasteiger partial charge in [0.05, 0.1) is 18.2 Å². The van der Waals surface area contributed by atoms with Gasteiger partial charge in [0.15, 0.2) is 5.84 Å². The quantitative estimate of drug-likeness (QED) is 0.189. The summed E-state index contributed by atoms with van der Waals surface area (Å²) in [6, 6.07) is 18.9. The monoisotopic (exact) mass is 567 g/mol. The molecule has 212 valence electrons. The van der Waals surface area contributed by atoms with E-state index in [0.717, 1.165) is 33.7 Å². The van der Waals surface area contributed by atoms with Crippen molar-refractivity contribution in [2.75, 3.05) is 7.05 Å². The number of nitrogens with one attached hydrogen (secondary N) is 4. The van der Waals surface area contributed by atoms with Gasteiger partial charge in [-0.2, -0.15) is 0 Å². The van der Waals surface area contributed by atoms with Crippen LogP contribution in [0.4, 0.5) is 8.78 Å². The second-order valence-corrected chi connectivity index (χ2v) is 10.1. The van der Waals surface area contributed by atoms with Gasteiger partial charge in [-0.3, -0.25) is 15.2 Å². The molecule has 5 N–H and O–H groups in total. The number of nitrogens with zero attached hydrogens (tertiary/aromatic N) is 3. The van der Waals surface area contributed by atoms with Gasteiger partial charge in [0.25, 0.3) is 0 Å². The number of benzene rings is 3. The Morgan fingerprint density at radius 3 is 2.62 bits per heavy atom. The second-order valence-electron chi connectivity index (χ2n) is 10.1. The second kappa shape index (κ2) is 11.3. The molecule has 2 aromatic heterocycles. The Hall–Kier alpha value is -5.29. The number of hydrazone groups is 1. The number of halogens is 2. The van der Waals surface area contributed by atoms with E-state index in [0.29, 0.717) is 22.7 Å². The Bertz CT molecular complexity index is 1800. The van der Waals surface area contributed by atoms with Crippen molar-refractivity contribution in [3.05, 3.63) is 119 Å². The highest BCUT2D eigenvalue weighted by molar-refractivity contribution is 6.00. The highest BCUT2D eigenvalue weighted by Gasteiger charge is 2.23. The van der Waals surface area contributed by atoms with Gasteiger partial charge in [0, 0.05) is 47.5 Å². The first-order valence-electron chi connectivity index (χ1n) is 13.2. The summed E-state index contributed by atoms with van der Waals surface area (Å²) in [6.45, 7) is 0. The van der Waals surface area contributed by atoms with Crippen molar-refractivity contribution in [2.24, 2.45) is 5.10 Å². The summed E-state index contributed by atoms with van der Waals surface area (Å²) in [7, 11) is 1.79. The first-order chi connectivity index (χ1) is 20.3. The lowest BCUT2D eigenvalue weighted by atomic mass is 9.94. The first-order valence-corrected chi connectivity index (χ1v) is 13.2. The van der Waals surface area contributed by atoms with Crippen LogP contribution in [0.1, 0.15) is 28.4 Å². The number of aromatic nitrogens is 2. The molecule has 11 heteroatoms. The molecule has 3 aromatic carbocycles. The Morgan fingerprint density at radius 2 is 1.83 bits per heavy atom. The number of aromatic amines is 1. The average molecular weight is 568 g/mol. The summed E-state index contributed by atoms with van der Waals surface area (Å²) in [5.74, 6) is -0.992. The fraction of sp³-hybridized carbons (Fsp3) is 0.129. The lowest BCUT2D eigenvalue weighted by Crippen LogP contribution is -2.37.